The van der Waals surface area contributed by atoms with Crippen LogP contribution in [0.25, 0.3) is 0 Å². The van der Waals surface area contributed by atoms with Crippen LogP contribution in [0.2, 0.25) is 0 Å². The fourth-order valence-corrected chi connectivity index (χ4v) is 5.57. The second-order valence-electron chi connectivity index (χ2n) is 11.9. The van der Waals surface area contributed by atoms with Gasteiger partial charge >= 0.3 is 59.1 Å². The van der Waals surface area contributed by atoms with Gasteiger partial charge in [-0.3, -0.25) is 0 Å². The van der Waals surface area contributed by atoms with Gasteiger partial charge in [0.15, 0.2) is 0 Å². The molecule has 0 aliphatic carbocycles. The fraction of sp³-hybridized carbons (Fsp3) is 0.941. The molecular weight excluding hydrogens is 518 g/mol. The number of carbonyl (C=O) groups excluding carboxylic acids is 2. The van der Waals surface area contributed by atoms with E-state index in [4.69, 9.17) is 0 Å². The molecule has 0 heterocycles. The minimum atomic E-state index is -0.922. The first-order chi connectivity index (χ1) is 18.6. The Kier molecular flexibility index (Phi) is 43.1. The zero-order valence-corrected chi connectivity index (χ0v) is 31.4. The molecule has 4 nitrogen and oxygen atoms in total. The van der Waals surface area contributed by atoms with Crippen LogP contribution in [0.3, 0.4) is 0 Å². The SMILES string of the molecule is CCCCCCCCCCCCCCC(CCCCCCCCCCCCCCCCCC(=O)[O-])C(=O)[O-].[Na+].[Na+]. The topological polar surface area (TPSA) is 80.3 Å². The maximum Gasteiger partial charge on any atom is 1.00 e. The van der Waals surface area contributed by atoms with Gasteiger partial charge in [0.1, 0.15) is 0 Å². The molecule has 1 atom stereocenters. The van der Waals surface area contributed by atoms with Crippen LogP contribution in [0.15, 0.2) is 0 Å². The molecule has 0 fully saturated rings. The van der Waals surface area contributed by atoms with E-state index >= 15 is 0 Å². The molecule has 0 aromatic rings. The Hall–Kier alpha value is 0.940. The van der Waals surface area contributed by atoms with Crippen LogP contribution in [0.4, 0.5) is 0 Å². The smallest absolute Gasteiger partial charge is 0.550 e. The number of aliphatic carboxylic acids is 2. The quantitative estimate of drug-likeness (QED) is 0.0903. The summed E-state index contributed by atoms with van der Waals surface area (Å²) in [6, 6.07) is 0. The number of carboxylic acid groups (broad SMARTS) is 2. The average molecular weight is 583 g/mol. The van der Waals surface area contributed by atoms with Gasteiger partial charge in [-0.2, -0.15) is 0 Å². The molecular formula is C34H64Na2O4. The van der Waals surface area contributed by atoms with Gasteiger partial charge in [-0.1, -0.05) is 174 Å². The van der Waals surface area contributed by atoms with Crippen molar-refractivity contribution in [3.05, 3.63) is 0 Å². The summed E-state index contributed by atoms with van der Waals surface area (Å²) >= 11 is 0. The van der Waals surface area contributed by atoms with Crippen LogP contribution >= 0.6 is 0 Å². The van der Waals surface area contributed by atoms with Gasteiger partial charge in [-0.25, -0.2) is 0 Å². The van der Waals surface area contributed by atoms with E-state index in [1.54, 1.807) is 0 Å². The Labute approximate surface area is 294 Å². The third kappa shape index (κ3) is 37.0. The van der Waals surface area contributed by atoms with E-state index in [0.717, 1.165) is 51.4 Å². The third-order valence-corrected chi connectivity index (χ3v) is 8.17. The summed E-state index contributed by atoms with van der Waals surface area (Å²) in [4.78, 5) is 21.9. The van der Waals surface area contributed by atoms with E-state index < -0.39 is 11.9 Å². The van der Waals surface area contributed by atoms with Crippen molar-refractivity contribution < 1.29 is 78.9 Å². The van der Waals surface area contributed by atoms with Crippen LogP contribution in [0.1, 0.15) is 200 Å². The van der Waals surface area contributed by atoms with E-state index in [9.17, 15) is 19.8 Å². The first-order valence-corrected chi connectivity index (χ1v) is 17.0. The molecule has 0 aliphatic rings. The molecule has 6 heteroatoms. The van der Waals surface area contributed by atoms with E-state index in [-0.39, 0.29) is 71.5 Å². The molecule has 0 aromatic carbocycles. The predicted molar refractivity (Wildman–Crippen MR) is 158 cm³/mol. The number of hydrogen-bond donors (Lipinski definition) is 0. The van der Waals surface area contributed by atoms with Gasteiger partial charge in [0.05, 0.1) is 0 Å². The number of carbonyl (C=O) groups is 2. The van der Waals surface area contributed by atoms with Crippen LogP contribution in [0.5, 0.6) is 0 Å². The largest absolute Gasteiger partial charge is 1.00 e. The minimum Gasteiger partial charge on any atom is -0.550 e. The normalized spacial score (nSPS) is 11.5. The Morgan fingerprint density at radius 3 is 0.925 bits per heavy atom. The summed E-state index contributed by atoms with van der Waals surface area (Å²) < 4.78 is 0. The standard InChI is InChI=1S/C34H66O4.2Na/c1-2-3-4-5-6-7-8-14-17-20-23-26-29-32(34(37)38)30-27-24-21-18-15-12-10-9-11-13-16-19-22-25-28-31-33(35)36;;/h32H,2-31H2,1H3,(H,35,36)(H,37,38);;/q;2*+1/p-2. The molecule has 0 aromatic heterocycles. The molecule has 0 rings (SSSR count). The van der Waals surface area contributed by atoms with E-state index in [2.05, 4.69) is 6.92 Å². The molecule has 0 saturated heterocycles. The maximum atomic E-state index is 11.5. The fourth-order valence-electron chi connectivity index (χ4n) is 5.57. The van der Waals surface area contributed by atoms with E-state index in [0.29, 0.717) is 0 Å². The van der Waals surface area contributed by atoms with Crippen molar-refractivity contribution in [2.45, 2.75) is 200 Å². The molecule has 0 spiro atoms. The monoisotopic (exact) mass is 582 g/mol. The average Bonchev–Trinajstić information content (AvgIpc) is 2.89. The Morgan fingerprint density at radius 1 is 0.425 bits per heavy atom. The van der Waals surface area contributed by atoms with Gasteiger partial charge in [0.25, 0.3) is 0 Å². The molecule has 0 saturated carbocycles. The molecule has 0 amide bonds. The van der Waals surface area contributed by atoms with Crippen molar-refractivity contribution in [2.24, 2.45) is 5.92 Å². The molecule has 0 radical (unpaired) electrons. The number of hydrogen-bond acceptors (Lipinski definition) is 4. The Bertz CT molecular complexity index is 516. The summed E-state index contributed by atoms with van der Waals surface area (Å²) in [5, 5.41) is 21.9. The first-order valence-electron chi connectivity index (χ1n) is 17.0. The first kappa shape index (κ1) is 45.4. The Balaban J connectivity index is -0.00000684. The second kappa shape index (κ2) is 38.0. The molecule has 1 unspecified atom stereocenters. The molecule has 226 valence electrons. The van der Waals surface area contributed by atoms with Crippen molar-refractivity contribution >= 4 is 11.9 Å². The van der Waals surface area contributed by atoms with Crippen molar-refractivity contribution in [2.75, 3.05) is 0 Å². The molecule has 0 aliphatic heterocycles. The van der Waals surface area contributed by atoms with Gasteiger partial charge < -0.3 is 19.8 Å². The minimum absolute atomic E-state index is 0. The maximum absolute atomic E-state index is 11.5. The summed E-state index contributed by atoms with van der Waals surface area (Å²) in [5.74, 6) is -1.99. The number of carboxylic acids is 2. The zero-order chi connectivity index (χ0) is 27.9. The zero-order valence-electron chi connectivity index (χ0n) is 27.4. The summed E-state index contributed by atoms with van der Waals surface area (Å²) in [6.45, 7) is 2.27. The number of unbranched alkanes of at least 4 members (excludes halogenated alkanes) is 25. The summed E-state index contributed by atoms with van der Waals surface area (Å²) in [7, 11) is 0. The van der Waals surface area contributed by atoms with Crippen molar-refractivity contribution in [1.29, 1.82) is 0 Å². The predicted octanol–water partition coefficient (Wildman–Crippen LogP) is 2.83. The molecule has 40 heavy (non-hydrogen) atoms. The Morgan fingerprint density at radius 2 is 0.675 bits per heavy atom. The molecule has 0 bridgehead atoms. The van der Waals surface area contributed by atoms with Crippen LogP contribution in [-0.2, 0) is 9.59 Å². The van der Waals surface area contributed by atoms with Crippen LogP contribution in [-0.4, -0.2) is 11.9 Å². The van der Waals surface area contributed by atoms with Crippen LogP contribution < -0.4 is 69.3 Å². The van der Waals surface area contributed by atoms with Gasteiger partial charge in [-0.15, -0.1) is 0 Å². The van der Waals surface area contributed by atoms with E-state index in [1.165, 1.54) is 135 Å². The second-order valence-corrected chi connectivity index (χ2v) is 11.9. The number of rotatable bonds is 32. The van der Waals surface area contributed by atoms with Gasteiger partial charge in [0.2, 0.25) is 0 Å². The van der Waals surface area contributed by atoms with Crippen molar-refractivity contribution in [3.8, 4) is 0 Å². The van der Waals surface area contributed by atoms with E-state index in [1.807, 2.05) is 0 Å². The summed E-state index contributed by atoms with van der Waals surface area (Å²) in [5.41, 5.74) is 0. The van der Waals surface area contributed by atoms with Crippen molar-refractivity contribution in [1.82, 2.24) is 0 Å². The van der Waals surface area contributed by atoms with Gasteiger partial charge in [-0.05, 0) is 31.6 Å². The van der Waals surface area contributed by atoms with Crippen molar-refractivity contribution in [3.63, 3.8) is 0 Å². The van der Waals surface area contributed by atoms with Crippen LogP contribution in [0, 0.1) is 5.92 Å². The molecule has 0 N–H and O–H groups in total. The van der Waals surface area contributed by atoms with Gasteiger partial charge in [0, 0.05) is 11.9 Å². The summed E-state index contributed by atoms with van der Waals surface area (Å²) in [6.07, 6.45) is 35.6. The third-order valence-electron chi connectivity index (χ3n) is 8.17.